The molecule has 3 rings (SSSR count). The van der Waals surface area contributed by atoms with Crippen LogP contribution in [0.5, 0.6) is 0 Å². The molecule has 6 heteroatoms. The van der Waals surface area contributed by atoms with Gasteiger partial charge in [-0.2, -0.15) is 0 Å². The van der Waals surface area contributed by atoms with Gasteiger partial charge in [0, 0.05) is 36.0 Å². The average Bonchev–Trinajstić information content (AvgIpc) is 2.59. The van der Waals surface area contributed by atoms with E-state index in [-0.39, 0.29) is 17.7 Å². The normalized spacial score (nSPS) is 14.2. The Hall–Kier alpha value is -2.50. The highest BCUT2D eigenvalue weighted by Crippen LogP contribution is 2.26. The summed E-state index contributed by atoms with van der Waals surface area (Å²) in [4.78, 5) is 21.1. The number of aliphatic hydroxyl groups is 1. The quantitative estimate of drug-likeness (QED) is 0.573. The third kappa shape index (κ3) is 3.21. The van der Waals surface area contributed by atoms with Crippen molar-refractivity contribution < 1.29 is 6.48 Å². The van der Waals surface area contributed by atoms with Gasteiger partial charge in [-0.1, -0.05) is 17.7 Å². The second-order valence-electron chi connectivity index (χ2n) is 5.81. The number of hydrogen-bond donors (Lipinski definition) is 1. The van der Waals surface area contributed by atoms with E-state index in [0.717, 1.165) is 10.9 Å². The van der Waals surface area contributed by atoms with Crippen molar-refractivity contribution in [3.63, 3.8) is 0 Å². The van der Waals surface area contributed by atoms with Crippen molar-refractivity contribution in [2.24, 2.45) is 7.05 Å². The van der Waals surface area contributed by atoms with E-state index in [1.165, 1.54) is 16.8 Å². The van der Waals surface area contributed by atoms with Crippen LogP contribution in [0.15, 0.2) is 48.0 Å². The largest absolute Gasteiger partial charge is 0.386 e. The summed E-state index contributed by atoms with van der Waals surface area (Å²) in [6, 6.07) is 5.02. The van der Waals surface area contributed by atoms with Crippen LogP contribution in [-0.2, 0) is 7.05 Å². The molecule has 0 fully saturated rings. The first-order chi connectivity index (χ1) is 12.2. The van der Waals surface area contributed by atoms with Gasteiger partial charge in [0.05, 0.1) is 18.7 Å². The minimum atomic E-state index is -1.85. The van der Waals surface area contributed by atoms with Crippen LogP contribution in [0, 0.1) is 6.92 Å². The Morgan fingerprint density at radius 2 is 2.12 bits per heavy atom. The van der Waals surface area contributed by atoms with Gasteiger partial charge in [0.1, 0.15) is 5.15 Å². The second-order valence-corrected chi connectivity index (χ2v) is 6.20. The van der Waals surface area contributed by atoms with Crippen molar-refractivity contribution in [1.82, 2.24) is 14.5 Å². The number of pyridine rings is 3. The van der Waals surface area contributed by atoms with Crippen LogP contribution in [-0.4, -0.2) is 19.6 Å². The first-order valence-electron chi connectivity index (χ1n) is 8.20. The zero-order chi connectivity index (χ0) is 19.1. The van der Waals surface area contributed by atoms with Crippen LogP contribution in [0.4, 0.5) is 0 Å². The van der Waals surface area contributed by atoms with Crippen LogP contribution in [0.25, 0.3) is 22.0 Å². The third-order valence-electron chi connectivity index (χ3n) is 4.11. The molecule has 3 aromatic rings. The number of hydrogen-bond acceptors (Lipinski definition) is 4. The van der Waals surface area contributed by atoms with E-state index >= 15 is 0 Å². The van der Waals surface area contributed by atoms with Crippen LogP contribution in [0.1, 0.15) is 25.1 Å². The molecule has 0 aromatic carbocycles. The van der Waals surface area contributed by atoms with E-state index in [1.54, 1.807) is 31.4 Å². The molecular formula is C19H18ClN3O2. The monoisotopic (exact) mass is 356 g/mol. The van der Waals surface area contributed by atoms with Crippen molar-refractivity contribution in [1.29, 1.82) is 0 Å². The predicted molar refractivity (Wildman–Crippen MR) is 99.7 cm³/mol. The SMILES string of the molecule is [2H]C(O)(CC=C)c1cc(C)c(-c2cc3cnc(Cl)cc3n(C)c2=O)cn1. The van der Waals surface area contributed by atoms with Gasteiger partial charge in [0.15, 0.2) is 0 Å². The van der Waals surface area contributed by atoms with Crippen LogP contribution >= 0.6 is 11.6 Å². The number of rotatable bonds is 4. The summed E-state index contributed by atoms with van der Waals surface area (Å²) in [5, 5.41) is 11.3. The molecule has 1 atom stereocenters. The molecule has 3 aromatic heterocycles. The van der Waals surface area contributed by atoms with Crippen LogP contribution < -0.4 is 5.56 Å². The first-order valence-corrected chi connectivity index (χ1v) is 8.08. The maximum Gasteiger partial charge on any atom is 0.258 e. The fourth-order valence-corrected chi connectivity index (χ4v) is 2.92. The molecule has 3 heterocycles. The van der Waals surface area contributed by atoms with Gasteiger partial charge < -0.3 is 9.67 Å². The number of aryl methyl sites for hydroxylation is 2. The Morgan fingerprint density at radius 3 is 2.80 bits per heavy atom. The lowest BCUT2D eigenvalue weighted by molar-refractivity contribution is 0.177. The molecule has 0 saturated heterocycles. The lowest BCUT2D eigenvalue weighted by Crippen LogP contribution is -2.19. The minimum absolute atomic E-state index is 0.0585. The zero-order valence-corrected chi connectivity index (χ0v) is 14.7. The Labute approximate surface area is 151 Å². The van der Waals surface area contributed by atoms with Crippen molar-refractivity contribution in [2.45, 2.75) is 19.4 Å². The number of fused-ring (bicyclic) bond motifs is 1. The third-order valence-corrected chi connectivity index (χ3v) is 4.32. The Bertz CT molecular complexity index is 1080. The molecule has 0 saturated carbocycles. The lowest BCUT2D eigenvalue weighted by Gasteiger charge is -2.13. The molecule has 128 valence electrons. The van der Waals surface area contributed by atoms with Crippen molar-refractivity contribution in [2.75, 3.05) is 0 Å². The highest BCUT2D eigenvalue weighted by Gasteiger charge is 2.14. The molecule has 1 unspecified atom stereocenters. The molecule has 0 radical (unpaired) electrons. The van der Waals surface area contributed by atoms with E-state index in [4.69, 9.17) is 13.0 Å². The average molecular weight is 357 g/mol. The second kappa shape index (κ2) is 6.78. The number of aromatic nitrogens is 3. The summed E-state index contributed by atoms with van der Waals surface area (Å²) in [6.45, 7) is 5.36. The molecule has 5 nitrogen and oxygen atoms in total. The van der Waals surface area contributed by atoms with Gasteiger partial charge in [-0.15, -0.1) is 6.58 Å². The van der Waals surface area contributed by atoms with Crippen LogP contribution in [0.3, 0.4) is 0 Å². The van der Waals surface area contributed by atoms with E-state index in [2.05, 4.69) is 16.5 Å². The topological polar surface area (TPSA) is 68.0 Å². The van der Waals surface area contributed by atoms with Crippen LogP contribution in [0.2, 0.25) is 5.15 Å². The van der Waals surface area contributed by atoms with Crippen molar-refractivity contribution in [3.8, 4) is 11.1 Å². The summed E-state index contributed by atoms with van der Waals surface area (Å²) >= 11 is 5.93. The molecule has 0 aliphatic rings. The Balaban J connectivity index is 2.18. The smallest absolute Gasteiger partial charge is 0.258 e. The Kier molecular flexibility index (Phi) is 4.34. The molecule has 0 spiro atoms. The number of nitrogens with zero attached hydrogens (tertiary/aromatic N) is 3. The molecule has 0 bridgehead atoms. The summed E-state index contributed by atoms with van der Waals surface area (Å²) < 4.78 is 9.50. The molecule has 0 aliphatic carbocycles. The Morgan fingerprint density at radius 1 is 1.36 bits per heavy atom. The van der Waals surface area contributed by atoms with Crippen molar-refractivity contribution in [3.05, 3.63) is 70.0 Å². The highest BCUT2D eigenvalue weighted by atomic mass is 35.5. The molecule has 0 aliphatic heterocycles. The van der Waals surface area contributed by atoms with E-state index in [9.17, 15) is 9.90 Å². The summed E-state index contributed by atoms with van der Waals surface area (Å²) in [7, 11) is 1.67. The lowest BCUT2D eigenvalue weighted by atomic mass is 10.0. The molecular weight excluding hydrogens is 338 g/mol. The summed E-state index contributed by atoms with van der Waals surface area (Å²) in [5.41, 5.74) is 2.56. The predicted octanol–water partition coefficient (Wildman–Crippen LogP) is 3.57. The first kappa shape index (κ1) is 16.0. The summed E-state index contributed by atoms with van der Waals surface area (Å²) in [6.07, 6.45) is 2.81. The van der Waals surface area contributed by atoms with E-state index in [0.29, 0.717) is 21.8 Å². The molecule has 25 heavy (non-hydrogen) atoms. The van der Waals surface area contributed by atoms with Crippen molar-refractivity contribution >= 4 is 22.5 Å². The van der Waals surface area contributed by atoms with Gasteiger partial charge in [-0.05, 0) is 37.1 Å². The zero-order valence-electron chi connectivity index (χ0n) is 15.0. The van der Waals surface area contributed by atoms with E-state index in [1.807, 2.05) is 6.92 Å². The van der Waals surface area contributed by atoms with Gasteiger partial charge in [-0.3, -0.25) is 9.78 Å². The molecule has 1 N–H and O–H groups in total. The minimum Gasteiger partial charge on any atom is -0.386 e. The van der Waals surface area contributed by atoms with E-state index < -0.39 is 6.08 Å². The maximum absolute atomic E-state index is 12.8. The molecule has 0 amide bonds. The highest BCUT2D eigenvalue weighted by molar-refractivity contribution is 6.30. The fourth-order valence-electron chi connectivity index (χ4n) is 2.77. The van der Waals surface area contributed by atoms with Gasteiger partial charge >= 0.3 is 0 Å². The summed E-state index contributed by atoms with van der Waals surface area (Å²) in [5.74, 6) is 0. The standard InChI is InChI=1S/C19H18ClN3O2/c1-4-5-17(24)15-6-11(2)14(10-21-15)13-7-12-9-22-18(20)8-16(12)23(3)19(13)25/h4,6-10,17,24H,1,5H2,2-3H3/i17D. The van der Waals surface area contributed by atoms with Gasteiger partial charge in [0.25, 0.3) is 5.56 Å². The van der Waals surface area contributed by atoms with Gasteiger partial charge in [0.2, 0.25) is 0 Å². The van der Waals surface area contributed by atoms with Gasteiger partial charge in [-0.25, -0.2) is 4.98 Å². The maximum atomic E-state index is 12.8. The fraction of sp³-hybridized carbons (Fsp3) is 0.211. The number of halogens is 1.